The van der Waals surface area contributed by atoms with Gasteiger partial charge in [0.25, 0.3) is 0 Å². The molecule has 1 aromatic rings. The summed E-state index contributed by atoms with van der Waals surface area (Å²) < 4.78 is 13.4. The minimum absolute atomic E-state index is 0.190. The number of nitrogens with zero attached hydrogens (tertiary/aromatic N) is 1. The molecule has 1 unspecified atom stereocenters. The number of carbonyl (C=O) groups excluding carboxylic acids is 1. The van der Waals surface area contributed by atoms with Crippen LogP contribution in [0.25, 0.3) is 0 Å². The first-order valence-electron chi connectivity index (χ1n) is 8.74. The van der Waals surface area contributed by atoms with Crippen molar-refractivity contribution in [1.29, 1.82) is 0 Å². The molecule has 0 aromatic heterocycles. The maximum Gasteiger partial charge on any atom is 0.227 e. The molecule has 1 atom stereocenters. The van der Waals surface area contributed by atoms with Gasteiger partial charge in [0, 0.05) is 18.2 Å². The van der Waals surface area contributed by atoms with Crippen molar-refractivity contribution in [3.05, 3.63) is 29.6 Å². The lowest BCUT2D eigenvalue weighted by atomic mass is 9.95. The van der Waals surface area contributed by atoms with Gasteiger partial charge in [0.1, 0.15) is 5.82 Å². The van der Waals surface area contributed by atoms with Crippen LogP contribution < -0.4 is 4.90 Å². The lowest BCUT2D eigenvalue weighted by Gasteiger charge is -2.35. The average molecular weight is 305 g/mol. The van der Waals surface area contributed by atoms with Crippen LogP contribution in [0.15, 0.2) is 18.2 Å². The summed E-state index contributed by atoms with van der Waals surface area (Å²) >= 11 is 0. The molecule has 0 bridgehead atoms. The fraction of sp³-hybridized carbons (Fsp3) is 0.632. The number of fused-ring (bicyclic) bond motifs is 1. The van der Waals surface area contributed by atoms with Crippen molar-refractivity contribution >= 4 is 11.6 Å². The van der Waals surface area contributed by atoms with E-state index >= 15 is 0 Å². The Morgan fingerprint density at radius 3 is 2.73 bits per heavy atom. The zero-order chi connectivity index (χ0) is 15.9. The first-order valence-corrected chi connectivity index (χ1v) is 8.74. The molecule has 0 N–H and O–H groups in total. The van der Waals surface area contributed by atoms with Gasteiger partial charge in [-0.25, -0.2) is 4.39 Å². The Bertz CT molecular complexity index is 500. The minimum atomic E-state index is -0.211. The molecule has 1 amide bonds. The highest BCUT2D eigenvalue weighted by Gasteiger charge is 2.27. The second-order valence-corrected chi connectivity index (χ2v) is 6.44. The van der Waals surface area contributed by atoms with Crippen molar-refractivity contribution in [3.63, 3.8) is 0 Å². The highest BCUT2D eigenvalue weighted by molar-refractivity contribution is 5.95. The number of hydrogen-bond acceptors (Lipinski definition) is 1. The van der Waals surface area contributed by atoms with Crippen LogP contribution in [0.4, 0.5) is 10.1 Å². The minimum Gasteiger partial charge on any atom is -0.309 e. The Morgan fingerprint density at radius 2 is 1.95 bits per heavy atom. The van der Waals surface area contributed by atoms with Crippen molar-refractivity contribution in [1.82, 2.24) is 0 Å². The zero-order valence-electron chi connectivity index (χ0n) is 13.9. The van der Waals surface area contributed by atoms with E-state index in [0.29, 0.717) is 6.42 Å². The molecule has 0 aliphatic carbocycles. The number of benzene rings is 1. The Hall–Kier alpha value is -1.38. The number of halogens is 1. The highest BCUT2D eigenvalue weighted by Crippen LogP contribution is 2.32. The lowest BCUT2D eigenvalue weighted by molar-refractivity contribution is -0.119. The molecule has 22 heavy (non-hydrogen) atoms. The van der Waals surface area contributed by atoms with Gasteiger partial charge >= 0.3 is 0 Å². The number of amides is 1. The third-order valence-corrected chi connectivity index (χ3v) is 4.59. The molecule has 1 aliphatic heterocycles. The summed E-state index contributed by atoms with van der Waals surface area (Å²) in [5.41, 5.74) is 1.88. The smallest absolute Gasteiger partial charge is 0.227 e. The van der Waals surface area contributed by atoms with E-state index in [1.807, 2.05) is 4.90 Å². The zero-order valence-corrected chi connectivity index (χ0v) is 13.9. The SMILES string of the molecule is CCCCCCCCC(=O)N1c2ccc(F)cc2CCC1C. The lowest BCUT2D eigenvalue weighted by Crippen LogP contribution is -2.42. The molecule has 0 spiro atoms. The van der Waals surface area contributed by atoms with Gasteiger partial charge in [0.05, 0.1) is 0 Å². The molecule has 1 aliphatic rings. The summed E-state index contributed by atoms with van der Waals surface area (Å²) in [5, 5.41) is 0. The van der Waals surface area contributed by atoms with Crippen LogP contribution in [0.2, 0.25) is 0 Å². The summed E-state index contributed by atoms with van der Waals surface area (Å²) in [6, 6.07) is 5.01. The van der Waals surface area contributed by atoms with E-state index < -0.39 is 0 Å². The maximum atomic E-state index is 13.4. The monoisotopic (exact) mass is 305 g/mol. The molecule has 0 radical (unpaired) electrons. The standard InChI is InChI=1S/C19H28FNO/c1-3-4-5-6-7-8-9-19(22)21-15(2)10-11-16-14-17(20)12-13-18(16)21/h12-15H,3-11H2,1-2H3. The topological polar surface area (TPSA) is 20.3 Å². The molecular formula is C19H28FNO. The van der Waals surface area contributed by atoms with Crippen LogP contribution in [0.3, 0.4) is 0 Å². The fourth-order valence-corrected chi connectivity index (χ4v) is 3.28. The van der Waals surface area contributed by atoms with Crippen LogP contribution in [0, 0.1) is 5.82 Å². The molecule has 3 heteroatoms. The van der Waals surface area contributed by atoms with E-state index in [1.165, 1.54) is 31.7 Å². The first kappa shape index (κ1) is 17.0. The maximum absolute atomic E-state index is 13.4. The molecular weight excluding hydrogens is 277 g/mol. The second-order valence-electron chi connectivity index (χ2n) is 6.44. The summed E-state index contributed by atoms with van der Waals surface area (Å²) in [6.45, 7) is 4.30. The average Bonchev–Trinajstić information content (AvgIpc) is 2.50. The molecule has 0 saturated carbocycles. The summed E-state index contributed by atoms with van der Waals surface area (Å²) in [6.07, 6.45) is 9.49. The van der Waals surface area contributed by atoms with Gasteiger partial charge in [-0.3, -0.25) is 4.79 Å². The van der Waals surface area contributed by atoms with Gasteiger partial charge in [0.15, 0.2) is 0 Å². The fourth-order valence-electron chi connectivity index (χ4n) is 3.28. The van der Waals surface area contributed by atoms with Crippen LogP contribution in [-0.4, -0.2) is 11.9 Å². The van der Waals surface area contributed by atoms with E-state index in [4.69, 9.17) is 0 Å². The number of anilines is 1. The van der Waals surface area contributed by atoms with Crippen molar-refractivity contribution in [2.45, 2.75) is 77.7 Å². The Balaban J connectivity index is 1.92. The molecule has 2 rings (SSSR count). The largest absolute Gasteiger partial charge is 0.309 e. The quantitative estimate of drug-likeness (QED) is 0.630. The summed E-state index contributed by atoms with van der Waals surface area (Å²) in [4.78, 5) is 14.5. The Labute approximate surface area is 133 Å². The van der Waals surface area contributed by atoms with Crippen LogP contribution in [-0.2, 0) is 11.2 Å². The van der Waals surface area contributed by atoms with Crippen molar-refractivity contribution in [2.75, 3.05) is 4.90 Å². The number of rotatable bonds is 7. The number of hydrogen-bond donors (Lipinski definition) is 0. The Morgan fingerprint density at radius 1 is 1.23 bits per heavy atom. The van der Waals surface area contributed by atoms with E-state index in [2.05, 4.69) is 13.8 Å². The van der Waals surface area contributed by atoms with Crippen LogP contribution in [0.1, 0.15) is 70.8 Å². The number of carbonyl (C=O) groups is 1. The van der Waals surface area contributed by atoms with Crippen LogP contribution >= 0.6 is 0 Å². The molecule has 1 aromatic carbocycles. The molecule has 1 heterocycles. The first-order chi connectivity index (χ1) is 10.6. The molecule has 0 saturated heterocycles. The van der Waals surface area contributed by atoms with E-state index in [9.17, 15) is 9.18 Å². The highest BCUT2D eigenvalue weighted by atomic mass is 19.1. The van der Waals surface area contributed by atoms with Gasteiger partial charge in [-0.1, -0.05) is 39.0 Å². The molecule has 0 fully saturated rings. The van der Waals surface area contributed by atoms with Crippen molar-refractivity contribution in [2.24, 2.45) is 0 Å². The van der Waals surface area contributed by atoms with Gasteiger partial charge < -0.3 is 4.90 Å². The summed E-state index contributed by atoms with van der Waals surface area (Å²) in [7, 11) is 0. The molecule has 2 nitrogen and oxygen atoms in total. The third-order valence-electron chi connectivity index (χ3n) is 4.59. The van der Waals surface area contributed by atoms with Crippen molar-refractivity contribution in [3.8, 4) is 0 Å². The predicted molar refractivity (Wildman–Crippen MR) is 89.7 cm³/mol. The predicted octanol–water partition coefficient (Wildman–Crippen LogP) is 5.24. The Kier molecular flexibility index (Phi) is 6.41. The normalized spacial score (nSPS) is 17.4. The number of aryl methyl sites for hydroxylation is 1. The van der Waals surface area contributed by atoms with Gasteiger partial charge in [-0.15, -0.1) is 0 Å². The second kappa shape index (κ2) is 8.30. The molecule has 122 valence electrons. The third kappa shape index (κ3) is 4.31. The van der Waals surface area contributed by atoms with E-state index in [-0.39, 0.29) is 17.8 Å². The van der Waals surface area contributed by atoms with Crippen molar-refractivity contribution < 1.29 is 9.18 Å². The summed E-state index contributed by atoms with van der Waals surface area (Å²) in [5.74, 6) is -0.0211. The van der Waals surface area contributed by atoms with Gasteiger partial charge in [0.2, 0.25) is 5.91 Å². The number of unbranched alkanes of at least 4 members (excludes halogenated alkanes) is 5. The van der Waals surface area contributed by atoms with E-state index in [0.717, 1.165) is 36.9 Å². The van der Waals surface area contributed by atoms with Crippen LogP contribution in [0.5, 0.6) is 0 Å². The van der Waals surface area contributed by atoms with Gasteiger partial charge in [-0.05, 0) is 49.9 Å². The van der Waals surface area contributed by atoms with E-state index in [1.54, 1.807) is 12.1 Å². The van der Waals surface area contributed by atoms with Gasteiger partial charge in [-0.2, -0.15) is 0 Å².